The van der Waals surface area contributed by atoms with Crippen molar-refractivity contribution in [2.45, 2.75) is 120 Å². The monoisotopic (exact) mass is 673 g/mol. The topological polar surface area (TPSA) is 48.3 Å². The molecule has 0 amide bonds. The van der Waals surface area contributed by atoms with Crippen molar-refractivity contribution in [1.82, 2.24) is 14.9 Å². The molecular weight excluding hydrogens is 631 g/mol. The summed E-state index contributed by atoms with van der Waals surface area (Å²) in [6.45, 7) is 14.4. The zero-order valence-corrected chi connectivity index (χ0v) is 28.2. The summed E-state index contributed by atoms with van der Waals surface area (Å²) in [5.74, 6) is -0.0520. The molecule has 5 rings (SSSR count). The molecule has 0 radical (unpaired) electrons. The van der Waals surface area contributed by atoms with Gasteiger partial charge in [-0.05, 0) is 68.6 Å². The number of nitrogens with one attached hydrogen (secondary N) is 1. The number of halogens is 7. The molecule has 3 aromatic rings. The van der Waals surface area contributed by atoms with E-state index in [2.05, 4.69) is 44.2 Å². The summed E-state index contributed by atoms with van der Waals surface area (Å²) < 4.78 is 113. The average molecular weight is 674 g/mol. The molecule has 0 bridgehead atoms. The maximum Gasteiger partial charge on any atom is 0.418 e. The van der Waals surface area contributed by atoms with E-state index in [1.54, 1.807) is 11.5 Å². The third-order valence-electron chi connectivity index (χ3n) is 9.88. The van der Waals surface area contributed by atoms with Crippen LogP contribution in [0.25, 0.3) is 11.0 Å². The number of piperidine rings is 1. The second kappa shape index (κ2) is 11.5. The lowest BCUT2D eigenvalue weighted by Crippen LogP contribution is -2.54. The number of nitrogens with zero attached hydrogens (tertiary/aromatic N) is 2. The molecule has 13 heteroatoms. The standard InChI is InChI=1S/C33H42F7N3O2Si/c1-20-14-31(34,21-8-10-22(11-9-21)32(35,36)37)15-23(42-20)18-44-25-12-26(33(38,39)40)28-27(13-25)41-19-43(28)24-16-30(5,17-24)45-46(6,7)29(2,3)4/h8-13,19-20,23-24,42H,14-18H2,1-7H3/t20-,23-,24?,30?,31-/m0/s1. The van der Waals surface area contributed by atoms with E-state index in [0.29, 0.717) is 12.8 Å². The van der Waals surface area contributed by atoms with Crippen LogP contribution in [0.2, 0.25) is 18.1 Å². The SMILES string of the molecule is C[C@H]1C[C@@](F)(c2ccc(C(F)(F)F)cc2)C[C@@H](COc2cc(C(F)(F)F)c3c(c2)ncn3C2CC(C)(O[Si](C)(C)C(C)(C)C)C2)N1. The van der Waals surface area contributed by atoms with Gasteiger partial charge < -0.3 is 19.0 Å². The molecule has 1 aliphatic carbocycles. The van der Waals surface area contributed by atoms with Gasteiger partial charge in [-0.25, -0.2) is 9.37 Å². The third kappa shape index (κ3) is 6.96. The van der Waals surface area contributed by atoms with Gasteiger partial charge in [-0.2, -0.15) is 26.3 Å². The van der Waals surface area contributed by atoms with E-state index in [1.807, 2.05) is 6.92 Å². The molecule has 1 saturated carbocycles. The van der Waals surface area contributed by atoms with E-state index in [0.717, 1.165) is 30.3 Å². The first-order valence-corrected chi connectivity index (χ1v) is 18.4. The quantitative estimate of drug-likeness (QED) is 0.201. The van der Waals surface area contributed by atoms with Gasteiger partial charge in [0.25, 0.3) is 0 Å². The molecule has 2 heterocycles. The highest BCUT2D eigenvalue weighted by Crippen LogP contribution is 2.51. The Morgan fingerprint density at radius 3 is 2.15 bits per heavy atom. The van der Waals surface area contributed by atoms with Gasteiger partial charge in [0.05, 0.1) is 34.1 Å². The lowest BCUT2D eigenvalue weighted by molar-refractivity contribution is -0.138. The molecule has 1 aromatic heterocycles. The molecule has 46 heavy (non-hydrogen) atoms. The van der Waals surface area contributed by atoms with Gasteiger partial charge in [-0.1, -0.05) is 32.9 Å². The van der Waals surface area contributed by atoms with Crippen LogP contribution in [0.5, 0.6) is 5.75 Å². The van der Waals surface area contributed by atoms with E-state index in [1.165, 1.54) is 12.4 Å². The van der Waals surface area contributed by atoms with Gasteiger partial charge in [0, 0.05) is 37.0 Å². The fourth-order valence-electron chi connectivity index (χ4n) is 6.68. The number of hydrogen-bond acceptors (Lipinski definition) is 4. The van der Waals surface area contributed by atoms with Crippen molar-refractivity contribution < 1.29 is 39.9 Å². The normalized spacial score (nSPS) is 27.9. The lowest BCUT2D eigenvalue weighted by Gasteiger charge is -2.52. The maximum absolute atomic E-state index is 16.2. The minimum absolute atomic E-state index is 0.00173. The van der Waals surface area contributed by atoms with E-state index < -0.39 is 49.1 Å². The number of imidazole rings is 1. The first-order valence-electron chi connectivity index (χ1n) is 15.5. The summed E-state index contributed by atoms with van der Waals surface area (Å²) in [6, 6.07) is 5.24. The largest absolute Gasteiger partial charge is 0.492 e. The number of ether oxygens (including phenoxy) is 1. The molecule has 1 N–H and O–H groups in total. The zero-order chi connectivity index (χ0) is 34.1. The molecule has 1 saturated heterocycles. The molecule has 3 atom stereocenters. The van der Waals surface area contributed by atoms with Crippen LogP contribution in [-0.4, -0.2) is 42.2 Å². The van der Waals surface area contributed by atoms with Gasteiger partial charge in [-0.3, -0.25) is 0 Å². The number of hydrogen-bond donors (Lipinski definition) is 1. The number of rotatable bonds is 7. The first-order chi connectivity index (χ1) is 21.0. The molecule has 254 valence electrons. The highest BCUT2D eigenvalue weighted by molar-refractivity contribution is 6.74. The Balaban J connectivity index is 1.33. The van der Waals surface area contributed by atoms with Crippen LogP contribution in [0.3, 0.4) is 0 Å². The van der Waals surface area contributed by atoms with Crippen molar-refractivity contribution in [3.8, 4) is 5.75 Å². The predicted molar refractivity (Wildman–Crippen MR) is 165 cm³/mol. The van der Waals surface area contributed by atoms with Crippen molar-refractivity contribution in [3.05, 3.63) is 59.4 Å². The predicted octanol–water partition coefficient (Wildman–Crippen LogP) is 9.57. The number of alkyl halides is 7. The summed E-state index contributed by atoms with van der Waals surface area (Å²) in [4.78, 5) is 4.31. The Morgan fingerprint density at radius 1 is 0.957 bits per heavy atom. The van der Waals surface area contributed by atoms with Gasteiger partial charge >= 0.3 is 12.4 Å². The van der Waals surface area contributed by atoms with Crippen LogP contribution in [0.15, 0.2) is 42.7 Å². The molecule has 2 fully saturated rings. The van der Waals surface area contributed by atoms with Crippen molar-refractivity contribution >= 4 is 19.4 Å². The second-order valence-corrected chi connectivity index (χ2v) is 19.6. The Bertz CT molecular complexity index is 1560. The highest BCUT2D eigenvalue weighted by atomic mass is 28.4. The minimum atomic E-state index is -4.69. The Labute approximate surface area is 266 Å². The van der Waals surface area contributed by atoms with Crippen LogP contribution in [0.4, 0.5) is 30.7 Å². The van der Waals surface area contributed by atoms with Crippen molar-refractivity contribution in [1.29, 1.82) is 0 Å². The van der Waals surface area contributed by atoms with Crippen molar-refractivity contribution in [3.63, 3.8) is 0 Å². The summed E-state index contributed by atoms with van der Waals surface area (Å²) in [6.07, 6.45) is -6.75. The number of aromatic nitrogens is 2. The fourth-order valence-corrected chi connectivity index (χ4v) is 8.39. The van der Waals surface area contributed by atoms with Gasteiger partial charge in [0.15, 0.2) is 8.32 Å². The van der Waals surface area contributed by atoms with Crippen LogP contribution in [-0.2, 0) is 22.4 Å². The summed E-state index contributed by atoms with van der Waals surface area (Å²) in [5.41, 5.74) is -3.87. The number of fused-ring (bicyclic) bond motifs is 1. The average Bonchev–Trinajstić information content (AvgIpc) is 3.31. The Morgan fingerprint density at radius 2 is 1.59 bits per heavy atom. The minimum Gasteiger partial charge on any atom is -0.492 e. The van der Waals surface area contributed by atoms with Gasteiger partial charge in [-0.15, -0.1) is 0 Å². The van der Waals surface area contributed by atoms with Crippen LogP contribution in [0.1, 0.15) is 83.0 Å². The fraction of sp³-hybridized carbons (Fsp3) is 0.606. The second-order valence-electron chi connectivity index (χ2n) is 14.9. The molecule has 5 nitrogen and oxygen atoms in total. The van der Waals surface area contributed by atoms with Crippen LogP contribution >= 0.6 is 0 Å². The maximum atomic E-state index is 16.2. The van der Waals surface area contributed by atoms with E-state index in [-0.39, 0.29) is 58.9 Å². The lowest BCUT2D eigenvalue weighted by atomic mass is 9.77. The summed E-state index contributed by atoms with van der Waals surface area (Å²) in [7, 11) is -2.08. The van der Waals surface area contributed by atoms with Crippen LogP contribution < -0.4 is 10.1 Å². The summed E-state index contributed by atoms with van der Waals surface area (Å²) >= 11 is 0. The molecule has 2 aliphatic rings. The van der Waals surface area contributed by atoms with Gasteiger partial charge in [0.1, 0.15) is 18.0 Å². The molecule has 0 spiro atoms. The van der Waals surface area contributed by atoms with Crippen molar-refractivity contribution in [2.75, 3.05) is 6.61 Å². The Kier molecular flexibility index (Phi) is 8.67. The van der Waals surface area contributed by atoms with E-state index in [9.17, 15) is 26.3 Å². The molecule has 1 aliphatic heterocycles. The van der Waals surface area contributed by atoms with Gasteiger partial charge in [0.2, 0.25) is 0 Å². The number of benzene rings is 2. The molecule has 2 aromatic carbocycles. The van der Waals surface area contributed by atoms with E-state index >= 15 is 4.39 Å². The third-order valence-corrected chi connectivity index (χ3v) is 14.5. The molecule has 0 unspecified atom stereocenters. The first kappa shape index (κ1) is 34.7. The highest BCUT2D eigenvalue weighted by Gasteiger charge is 2.50. The smallest absolute Gasteiger partial charge is 0.418 e. The molecular formula is C33H42F7N3O2Si. The van der Waals surface area contributed by atoms with E-state index in [4.69, 9.17) is 9.16 Å². The Hall–Kier alpha value is -2.64. The summed E-state index contributed by atoms with van der Waals surface area (Å²) in [5, 5.41) is 3.20. The van der Waals surface area contributed by atoms with Crippen LogP contribution in [0, 0.1) is 0 Å². The zero-order valence-electron chi connectivity index (χ0n) is 27.2. The van der Waals surface area contributed by atoms with Crippen molar-refractivity contribution in [2.24, 2.45) is 0 Å².